The standard InChI is InChI=1S/C17H19N7O/c1-11-5-6-15-21-22-16(24(15)23-11)10-19-17(25)20-14-4-2-3-12-9-18-8-7-13(12)14/h2-6,18H,7-10H2,1H3,(H2,19,20,25). The zero-order valence-corrected chi connectivity index (χ0v) is 13.9. The molecule has 0 aliphatic carbocycles. The number of aromatic nitrogens is 4. The Labute approximate surface area is 144 Å². The molecule has 0 fully saturated rings. The van der Waals surface area contributed by atoms with Crippen LogP contribution in [0.3, 0.4) is 0 Å². The number of nitrogens with zero attached hydrogens (tertiary/aromatic N) is 4. The van der Waals surface area contributed by atoms with Gasteiger partial charge >= 0.3 is 6.03 Å². The summed E-state index contributed by atoms with van der Waals surface area (Å²) in [4.78, 5) is 12.3. The van der Waals surface area contributed by atoms with Gasteiger partial charge in [0.05, 0.1) is 12.2 Å². The van der Waals surface area contributed by atoms with Gasteiger partial charge in [-0.05, 0) is 49.2 Å². The molecule has 3 heterocycles. The Kier molecular flexibility index (Phi) is 4.02. The van der Waals surface area contributed by atoms with E-state index in [9.17, 15) is 4.79 Å². The lowest BCUT2D eigenvalue weighted by Crippen LogP contribution is -2.31. The van der Waals surface area contributed by atoms with Crippen molar-refractivity contribution in [2.75, 3.05) is 11.9 Å². The molecular weight excluding hydrogens is 318 g/mol. The first-order valence-electron chi connectivity index (χ1n) is 8.25. The summed E-state index contributed by atoms with van der Waals surface area (Å²) in [5, 5.41) is 21.6. The molecule has 8 heteroatoms. The van der Waals surface area contributed by atoms with Gasteiger partial charge in [-0.15, -0.1) is 10.2 Å². The fraction of sp³-hybridized carbons (Fsp3) is 0.294. The smallest absolute Gasteiger partial charge is 0.319 e. The monoisotopic (exact) mass is 337 g/mol. The molecule has 2 amide bonds. The molecule has 0 spiro atoms. The lowest BCUT2D eigenvalue weighted by Gasteiger charge is -2.20. The van der Waals surface area contributed by atoms with E-state index in [0.29, 0.717) is 11.5 Å². The van der Waals surface area contributed by atoms with Gasteiger partial charge in [0.1, 0.15) is 0 Å². The molecule has 0 bridgehead atoms. The van der Waals surface area contributed by atoms with Crippen LogP contribution in [0.4, 0.5) is 10.5 Å². The number of urea groups is 1. The zero-order chi connectivity index (χ0) is 17.2. The number of hydrogen-bond acceptors (Lipinski definition) is 5. The van der Waals surface area contributed by atoms with Crippen molar-refractivity contribution in [1.82, 2.24) is 30.4 Å². The summed E-state index contributed by atoms with van der Waals surface area (Å²) >= 11 is 0. The van der Waals surface area contributed by atoms with Crippen molar-refractivity contribution in [3.8, 4) is 0 Å². The zero-order valence-electron chi connectivity index (χ0n) is 13.9. The Hall–Kier alpha value is -3.00. The minimum atomic E-state index is -0.267. The first-order valence-corrected chi connectivity index (χ1v) is 8.25. The van der Waals surface area contributed by atoms with E-state index in [1.165, 1.54) is 11.1 Å². The Morgan fingerprint density at radius 1 is 1.28 bits per heavy atom. The van der Waals surface area contributed by atoms with Gasteiger partial charge in [0, 0.05) is 12.2 Å². The van der Waals surface area contributed by atoms with Gasteiger partial charge in [-0.25, -0.2) is 4.79 Å². The Bertz CT molecular complexity index is 934. The Balaban J connectivity index is 1.45. The molecule has 1 aromatic carbocycles. The van der Waals surface area contributed by atoms with Gasteiger partial charge in [0.2, 0.25) is 0 Å². The van der Waals surface area contributed by atoms with E-state index in [1.807, 2.05) is 31.2 Å². The van der Waals surface area contributed by atoms with E-state index in [1.54, 1.807) is 4.52 Å². The van der Waals surface area contributed by atoms with Crippen molar-refractivity contribution in [2.45, 2.75) is 26.4 Å². The average molecular weight is 337 g/mol. The molecule has 0 unspecified atom stereocenters. The molecule has 0 radical (unpaired) electrons. The quantitative estimate of drug-likeness (QED) is 0.671. The molecule has 0 saturated heterocycles. The maximum atomic E-state index is 12.3. The first-order chi connectivity index (χ1) is 12.2. The summed E-state index contributed by atoms with van der Waals surface area (Å²) in [5.74, 6) is 0.591. The van der Waals surface area contributed by atoms with Gasteiger partial charge in [-0.1, -0.05) is 12.1 Å². The van der Waals surface area contributed by atoms with E-state index < -0.39 is 0 Å². The number of carbonyl (C=O) groups is 1. The number of hydrogen-bond donors (Lipinski definition) is 3. The second-order valence-electron chi connectivity index (χ2n) is 6.04. The van der Waals surface area contributed by atoms with Crippen molar-refractivity contribution in [1.29, 1.82) is 0 Å². The van der Waals surface area contributed by atoms with E-state index in [-0.39, 0.29) is 12.6 Å². The molecule has 3 aromatic rings. The molecular formula is C17H19N7O. The number of benzene rings is 1. The van der Waals surface area contributed by atoms with Gasteiger partial charge < -0.3 is 16.0 Å². The lowest BCUT2D eigenvalue weighted by molar-refractivity contribution is 0.251. The topological polar surface area (TPSA) is 96.2 Å². The average Bonchev–Trinajstić information content (AvgIpc) is 3.02. The van der Waals surface area contributed by atoms with Crippen LogP contribution in [0, 0.1) is 6.92 Å². The van der Waals surface area contributed by atoms with Crippen LogP contribution < -0.4 is 16.0 Å². The summed E-state index contributed by atoms with van der Waals surface area (Å²) < 4.78 is 1.64. The summed E-state index contributed by atoms with van der Waals surface area (Å²) in [6.07, 6.45) is 0.907. The molecule has 8 nitrogen and oxygen atoms in total. The maximum Gasteiger partial charge on any atom is 0.319 e. The fourth-order valence-corrected chi connectivity index (χ4v) is 3.01. The first kappa shape index (κ1) is 15.5. The fourth-order valence-electron chi connectivity index (χ4n) is 3.01. The Morgan fingerprint density at radius 2 is 2.20 bits per heavy atom. The number of carbonyl (C=O) groups excluding carboxylic acids is 1. The van der Waals surface area contributed by atoms with Crippen molar-refractivity contribution in [2.24, 2.45) is 0 Å². The highest BCUT2D eigenvalue weighted by Crippen LogP contribution is 2.22. The lowest BCUT2D eigenvalue weighted by atomic mass is 9.99. The summed E-state index contributed by atoms with van der Waals surface area (Å²) in [6.45, 7) is 3.91. The van der Waals surface area contributed by atoms with E-state index in [0.717, 1.165) is 30.9 Å². The number of aryl methyl sites for hydroxylation is 1. The van der Waals surface area contributed by atoms with Crippen molar-refractivity contribution < 1.29 is 4.79 Å². The van der Waals surface area contributed by atoms with Crippen LogP contribution in [-0.4, -0.2) is 32.4 Å². The maximum absolute atomic E-state index is 12.3. The molecule has 25 heavy (non-hydrogen) atoms. The van der Waals surface area contributed by atoms with E-state index in [2.05, 4.69) is 37.3 Å². The van der Waals surface area contributed by atoms with Crippen LogP contribution in [0.2, 0.25) is 0 Å². The molecule has 1 aliphatic rings. The summed E-state index contributed by atoms with van der Waals surface area (Å²) in [7, 11) is 0. The number of rotatable bonds is 3. The van der Waals surface area contributed by atoms with Gasteiger partial charge in [0.25, 0.3) is 0 Å². The van der Waals surface area contributed by atoms with Crippen molar-refractivity contribution in [3.05, 3.63) is 53.0 Å². The van der Waals surface area contributed by atoms with E-state index >= 15 is 0 Å². The predicted octanol–water partition coefficient (Wildman–Crippen LogP) is 1.40. The normalized spacial score (nSPS) is 13.5. The van der Waals surface area contributed by atoms with Crippen LogP contribution in [0.5, 0.6) is 0 Å². The highest BCUT2D eigenvalue weighted by atomic mass is 16.2. The minimum Gasteiger partial charge on any atom is -0.330 e. The molecule has 4 rings (SSSR count). The molecule has 1 aliphatic heterocycles. The van der Waals surface area contributed by atoms with Gasteiger partial charge in [0.15, 0.2) is 11.5 Å². The molecule has 128 valence electrons. The molecule has 0 atom stereocenters. The van der Waals surface area contributed by atoms with E-state index in [4.69, 9.17) is 0 Å². The predicted molar refractivity (Wildman–Crippen MR) is 93.2 cm³/mol. The third-order valence-electron chi connectivity index (χ3n) is 4.26. The highest BCUT2D eigenvalue weighted by Gasteiger charge is 2.14. The van der Waals surface area contributed by atoms with Crippen LogP contribution in [0.25, 0.3) is 5.65 Å². The largest absolute Gasteiger partial charge is 0.330 e. The number of amides is 2. The minimum absolute atomic E-state index is 0.250. The van der Waals surface area contributed by atoms with Crippen LogP contribution in [-0.2, 0) is 19.5 Å². The summed E-state index contributed by atoms with van der Waals surface area (Å²) in [6, 6.07) is 9.43. The van der Waals surface area contributed by atoms with Gasteiger partial charge in [-0.3, -0.25) is 0 Å². The summed E-state index contributed by atoms with van der Waals surface area (Å²) in [5.41, 5.74) is 4.81. The van der Waals surface area contributed by atoms with Crippen molar-refractivity contribution >= 4 is 17.4 Å². The second kappa shape index (κ2) is 6.48. The van der Waals surface area contributed by atoms with Crippen molar-refractivity contribution in [3.63, 3.8) is 0 Å². The highest BCUT2D eigenvalue weighted by molar-refractivity contribution is 5.90. The van der Waals surface area contributed by atoms with Gasteiger partial charge in [-0.2, -0.15) is 9.61 Å². The molecule has 2 aromatic heterocycles. The molecule has 0 saturated carbocycles. The number of fused-ring (bicyclic) bond motifs is 2. The third-order valence-corrected chi connectivity index (χ3v) is 4.26. The van der Waals surface area contributed by atoms with Crippen LogP contribution in [0.15, 0.2) is 30.3 Å². The second-order valence-corrected chi connectivity index (χ2v) is 6.04. The van der Waals surface area contributed by atoms with Crippen LogP contribution in [0.1, 0.15) is 22.6 Å². The number of anilines is 1. The Morgan fingerprint density at radius 3 is 3.12 bits per heavy atom. The third kappa shape index (κ3) is 3.16. The van der Waals surface area contributed by atoms with Crippen LogP contribution >= 0.6 is 0 Å². The molecule has 3 N–H and O–H groups in total. The SMILES string of the molecule is Cc1ccc2nnc(CNC(=O)Nc3cccc4c3CCNC4)n2n1. The number of nitrogens with one attached hydrogen (secondary N) is 3.